The molecular formula is C21H35ClO5. The first-order valence-electron chi connectivity index (χ1n) is 9.82. The van der Waals surface area contributed by atoms with Gasteiger partial charge in [-0.1, -0.05) is 57.9 Å². The van der Waals surface area contributed by atoms with Crippen molar-refractivity contribution in [1.29, 1.82) is 0 Å². The van der Waals surface area contributed by atoms with Gasteiger partial charge in [0.15, 0.2) is 0 Å². The number of hydrogen-bond acceptors (Lipinski definition) is 4. The number of unbranched alkanes of at least 4 members (excludes halogenated alkanes) is 1. The van der Waals surface area contributed by atoms with Gasteiger partial charge in [0.2, 0.25) is 0 Å². The largest absolute Gasteiger partial charge is 0.480 e. The lowest BCUT2D eigenvalue weighted by molar-refractivity contribution is -0.141. The Kier molecular flexibility index (Phi) is 10.6. The van der Waals surface area contributed by atoms with Gasteiger partial charge in [-0.2, -0.15) is 0 Å². The summed E-state index contributed by atoms with van der Waals surface area (Å²) in [4.78, 5) is 10.4. The molecule has 0 unspecified atom stereocenters. The van der Waals surface area contributed by atoms with Crippen molar-refractivity contribution >= 4 is 17.6 Å². The molecule has 1 saturated carbocycles. The maximum absolute atomic E-state index is 10.5. The van der Waals surface area contributed by atoms with E-state index in [0.717, 1.165) is 19.3 Å². The van der Waals surface area contributed by atoms with Crippen LogP contribution in [0, 0.1) is 17.3 Å². The first-order valence-corrected chi connectivity index (χ1v) is 10.3. The fourth-order valence-electron chi connectivity index (χ4n) is 3.47. The topological polar surface area (TPSA) is 87.0 Å². The molecule has 0 spiro atoms. The summed E-state index contributed by atoms with van der Waals surface area (Å²) in [6.45, 7) is 6.18. The highest BCUT2D eigenvalue weighted by Crippen LogP contribution is 2.40. The van der Waals surface area contributed by atoms with E-state index in [1.54, 1.807) is 6.08 Å². The Morgan fingerprint density at radius 3 is 2.70 bits per heavy atom. The summed E-state index contributed by atoms with van der Waals surface area (Å²) >= 11 is 6.42. The summed E-state index contributed by atoms with van der Waals surface area (Å²) in [7, 11) is 0. The monoisotopic (exact) mass is 402 g/mol. The van der Waals surface area contributed by atoms with Gasteiger partial charge in [-0.3, -0.25) is 0 Å². The molecule has 156 valence electrons. The van der Waals surface area contributed by atoms with E-state index in [1.165, 1.54) is 0 Å². The molecule has 0 radical (unpaired) electrons. The third kappa shape index (κ3) is 8.34. The highest BCUT2D eigenvalue weighted by Gasteiger charge is 2.39. The van der Waals surface area contributed by atoms with Crippen LogP contribution in [0.15, 0.2) is 24.3 Å². The summed E-state index contributed by atoms with van der Waals surface area (Å²) in [5, 5.41) is 29.3. The van der Waals surface area contributed by atoms with Crippen LogP contribution in [0.4, 0.5) is 0 Å². The van der Waals surface area contributed by atoms with Crippen LogP contribution < -0.4 is 0 Å². The van der Waals surface area contributed by atoms with Gasteiger partial charge in [-0.15, -0.1) is 11.6 Å². The molecule has 5 atom stereocenters. The van der Waals surface area contributed by atoms with Gasteiger partial charge in [0.25, 0.3) is 0 Å². The average Bonchev–Trinajstić information content (AvgIpc) is 2.86. The van der Waals surface area contributed by atoms with Crippen LogP contribution in [0.2, 0.25) is 0 Å². The van der Waals surface area contributed by atoms with Crippen LogP contribution in [-0.4, -0.2) is 52.1 Å². The number of rotatable bonds is 12. The van der Waals surface area contributed by atoms with Gasteiger partial charge in [-0.05, 0) is 30.6 Å². The highest BCUT2D eigenvalue weighted by atomic mass is 35.5. The van der Waals surface area contributed by atoms with Crippen molar-refractivity contribution in [3.05, 3.63) is 24.3 Å². The summed E-state index contributed by atoms with van der Waals surface area (Å²) in [6, 6.07) is 0. The molecule has 0 aliphatic heterocycles. The smallest absolute Gasteiger partial charge is 0.329 e. The van der Waals surface area contributed by atoms with E-state index in [-0.39, 0.29) is 35.8 Å². The molecule has 5 nitrogen and oxygen atoms in total. The van der Waals surface area contributed by atoms with E-state index >= 15 is 0 Å². The Balaban J connectivity index is 2.62. The lowest BCUT2D eigenvalue weighted by atomic mass is 9.80. The SMILES string of the molecule is CCCCC(C)(C)[C@H](O)/C=C/[C@@H]1[C@@H](C/C=C\COCC(=O)O)[C@H](Cl)C[C@H]1O. The molecule has 27 heavy (non-hydrogen) atoms. The Morgan fingerprint density at radius 1 is 1.37 bits per heavy atom. The molecule has 3 N–H and O–H groups in total. The Bertz CT molecular complexity index is 503. The predicted octanol–water partition coefficient (Wildman–Crippen LogP) is 3.77. The van der Waals surface area contributed by atoms with E-state index < -0.39 is 18.2 Å². The third-order valence-corrected chi connectivity index (χ3v) is 5.88. The molecule has 0 amide bonds. The van der Waals surface area contributed by atoms with Crippen molar-refractivity contribution in [1.82, 2.24) is 0 Å². The van der Waals surface area contributed by atoms with Crippen molar-refractivity contribution in [2.75, 3.05) is 13.2 Å². The molecule has 1 aliphatic carbocycles. The van der Waals surface area contributed by atoms with Crippen LogP contribution in [0.1, 0.15) is 52.9 Å². The minimum absolute atomic E-state index is 0.0691. The summed E-state index contributed by atoms with van der Waals surface area (Å²) in [6.07, 6.45) is 10.7. The van der Waals surface area contributed by atoms with Gasteiger partial charge >= 0.3 is 5.97 Å². The maximum atomic E-state index is 10.5. The van der Waals surface area contributed by atoms with Crippen molar-refractivity contribution in [2.45, 2.75) is 70.5 Å². The second-order valence-electron chi connectivity index (χ2n) is 8.10. The number of halogens is 1. The normalized spacial score (nSPS) is 27.6. The molecule has 0 saturated heterocycles. The first-order chi connectivity index (χ1) is 12.7. The number of carboxylic acids is 1. The lowest BCUT2D eigenvalue weighted by Gasteiger charge is -2.29. The van der Waals surface area contributed by atoms with E-state index in [1.807, 2.05) is 18.2 Å². The zero-order valence-electron chi connectivity index (χ0n) is 16.7. The number of allylic oxidation sites excluding steroid dienone is 1. The van der Waals surface area contributed by atoms with Gasteiger partial charge in [0.05, 0.1) is 18.8 Å². The summed E-state index contributed by atoms with van der Waals surface area (Å²) in [5.74, 6) is -1.03. The number of aliphatic carboxylic acids is 1. The van der Waals surface area contributed by atoms with E-state index in [4.69, 9.17) is 21.4 Å². The molecule has 1 rings (SSSR count). The van der Waals surface area contributed by atoms with Crippen LogP contribution in [-0.2, 0) is 9.53 Å². The van der Waals surface area contributed by atoms with E-state index in [9.17, 15) is 15.0 Å². The Labute approximate surface area is 168 Å². The minimum atomic E-state index is -0.992. The molecule has 0 bridgehead atoms. The number of ether oxygens (including phenoxy) is 1. The summed E-state index contributed by atoms with van der Waals surface area (Å²) in [5.41, 5.74) is -0.201. The van der Waals surface area contributed by atoms with Gasteiger partial charge in [0.1, 0.15) is 6.61 Å². The lowest BCUT2D eigenvalue weighted by Crippen LogP contribution is -2.28. The van der Waals surface area contributed by atoms with Crippen LogP contribution >= 0.6 is 11.6 Å². The van der Waals surface area contributed by atoms with Gasteiger partial charge in [-0.25, -0.2) is 4.79 Å². The van der Waals surface area contributed by atoms with E-state index in [0.29, 0.717) is 12.8 Å². The molecule has 6 heteroatoms. The molecule has 0 heterocycles. The molecule has 0 aromatic heterocycles. The zero-order chi connectivity index (χ0) is 20.4. The van der Waals surface area contributed by atoms with Gasteiger partial charge < -0.3 is 20.1 Å². The third-order valence-electron chi connectivity index (χ3n) is 5.38. The van der Waals surface area contributed by atoms with Crippen molar-refractivity contribution in [3.8, 4) is 0 Å². The molecular weight excluding hydrogens is 368 g/mol. The van der Waals surface area contributed by atoms with Crippen molar-refractivity contribution < 1.29 is 24.9 Å². The predicted molar refractivity (Wildman–Crippen MR) is 108 cm³/mol. The Morgan fingerprint density at radius 2 is 2.07 bits per heavy atom. The highest BCUT2D eigenvalue weighted by molar-refractivity contribution is 6.21. The molecule has 0 aromatic carbocycles. The van der Waals surface area contributed by atoms with Crippen molar-refractivity contribution in [3.63, 3.8) is 0 Å². The number of aliphatic hydroxyl groups is 2. The van der Waals surface area contributed by atoms with Gasteiger partial charge in [0, 0.05) is 11.3 Å². The number of aliphatic hydroxyl groups excluding tert-OH is 2. The second kappa shape index (κ2) is 11.8. The maximum Gasteiger partial charge on any atom is 0.329 e. The summed E-state index contributed by atoms with van der Waals surface area (Å²) < 4.78 is 4.97. The fourth-order valence-corrected chi connectivity index (χ4v) is 3.93. The van der Waals surface area contributed by atoms with Crippen molar-refractivity contribution in [2.24, 2.45) is 17.3 Å². The van der Waals surface area contributed by atoms with Crippen LogP contribution in [0.5, 0.6) is 0 Å². The van der Waals surface area contributed by atoms with E-state index in [2.05, 4.69) is 20.8 Å². The van der Waals surface area contributed by atoms with Crippen LogP contribution in [0.25, 0.3) is 0 Å². The first kappa shape index (κ1) is 24.2. The molecule has 1 aliphatic rings. The standard InChI is InChI=1S/C21H35ClO5/c1-4-5-11-21(2,3)19(24)10-9-16-15(17(22)13-18(16)23)8-6-7-12-27-14-20(25)26/h6-7,9-10,15-19,23-24H,4-5,8,11-14H2,1-3H3,(H,25,26)/b7-6-,10-9+/t15-,16-,17-,18-,19-/m1/s1. The Hall–Kier alpha value is -0.880. The second-order valence-corrected chi connectivity index (χ2v) is 8.66. The zero-order valence-corrected chi connectivity index (χ0v) is 17.4. The van der Waals surface area contributed by atoms with Crippen LogP contribution in [0.3, 0.4) is 0 Å². The fraction of sp³-hybridized carbons (Fsp3) is 0.762. The number of carbonyl (C=O) groups is 1. The molecule has 1 fully saturated rings. The number of alkyl halides is 1. The number of carboxylic acid groups (broad SMARTS) is 1. The molecule has 0 aromatic rings. The minimum Gasteiger partial charge on any atom is -0.480 e. The number of hydrogen-bond donors (Lipinski definition) is 3. The quantitative estimate of drug-likeness (QED) is 0.263. The average molecular weight is 403 g/mol.